The van der Waals surface area contributed by atoms with Gasteiger partial charge in [-0.25, -0.2) is 0 Å². The third-order valence-electron chi connectivity index (χ3n) is 21.4. The molecule has 0 aromatic carbocycles. The first-order valence-corrected chi connectivity index (χ1v) is 44.5. The van der Waals surface area contributed by atoms with Crippen LogP contribution >= 0.6 is 0 Å². The topological polar surface area (TPSA) is 682 Å². The summed E-state index contributed by atoms with van der Waals surface area (Å²) < 4.78 is 216. The highest BCUT2D eigenvalue weighted by Crippen LogP contribution is 2.46. The first-order chi connectivity index (χ1) is 67.7. The zero-order valence-corrected chi connectivity index (χ0v) is 81.3. The molecule has 1 saturated carbocycles. The molecule has 801 valence electrons. The standard InChI is InChI=1S/C88H113O56/c1-32(89)110-25-53-60-67(117-38(7)95)75(125-46(15)103)83(132-53)140-62-55(27-112-34(3)91)134-85(77(127-48(17)105)69(62)119-40(9)97)142-64-57(29-114-36(5)93)136-87(79(129-50(19)107)71(64)121-42(11)99)144-66-59(31-116-81(109)52-23-21-22-24-52)137-88(80(130-51(20)108)73(66)123-44(13)101)143-65-58(30-115-37(6)94)135-86(78(128-49(18)106)72(65)122-43(12)100)141-63-56(28-113-35(4)92)133-84(76(126-47(16)104)70(63)120-41(10)98)139-61-54(26-111-33(2)90)131-82(138-60)74(124-45(14)102)68(61)118-39(8)96/h21-24,53-80,82-88H,25-31H2,1-20H3/t53-,54-,55-,56-,57-,58-,59-,60-,61-,62-,63-,64-,65-,66-,67+,68+,69+,70+,71+,72+,73+,74-,75-,76-,77-,78-,79-,80-,82-,83-,84-,85-,86-,87-,88-/m1/s1. The maximum absolute atomic E-state index is 14.3. The summed E-state index contributed by atoms with van der Waals surface area (Å²) in [5.41, 5.74) is 0. The van der Waals surface area contributed by atoms with Crippen molar-refractivity contribution in [3.05, 3.63) is 31.6 Å². The van der Waals surface area contributed by atoms with Gasteiger partial charge in [-0.15, -0.1) is 0 Å². The number of hydrogen-bond donors (Lipinski definition) is 0. The Bertz CT molecular complexity index is 4290. The molecular weight excluding hydrogens is 1950 g/mol. The average Bonchev–Trinajstić information content (AvgIpc) is 0.831. The van der Waals surface area contributed by atoms with Gasteiger partial charge in [-0.1, -0.05) is 0 Å². The van der Waals surface area contributed by atoms with Crippen LogP contribution in [0.3, 0.4) is 0 Å². The molecule has 0 unspecified atom stereocenters. The summed E-state index contributed by atoms with van der Waals surface area (Å²) in [6.07, 6.45) is -76.5. The van der Waals surface area contributed by atoms with E-state index in [1.807, 2.05) is 0 Å². The molecule has 21 aliphatic heterocycles. The lowest BCUT2D eigenvalue weighted by Gasteiger charge is -2.52. The van der Waals surface area contributed by atoms with E-state index in [0.29, 0.717) is 0 Å². The van der Waals surface area contributed by atoms with Crippen LogP contribution in [0.25, 0.3) is 0 Å². The molecule has 22 fully saturated rings. The van der Waals surface area contributed by atoms with E-state index in [1.165, 1.54) is 25.7 Å². The predicted octanol–water partition coefficient (Wildman–Crippen LogP) is -2.86. The van der Waals surface area contributed by atoms with Gasteiger partial charge in [-0.2, -0.15) is 0 Å². The van der Waals surface area contributed by atoms with Crippen molar-refractivity contribution >= 4 is 125 Å². The van der Waals surface area contributed by atoms with Gasteiger partial charge in [0, 0.05) is 138 Å². The normalized spacial score (nSPS) is 34.7. The molecule has 35 atom stereocenters. The van der Waals surface area contributed by atoms with Crippen LogP contribution in [-0.4, -0.2) is 387 Å². The van der Waals surface area contributed by atoms with E-state index in [0.717, 1.165) is 138 Å². The lowest BCUT2D eigenvalue weighted by Crippen LogP contribution is -2.70. The van der Waals surface area contributed by atoms with Crippen LogP contribution in [0.15, 0.2) is 0 Å². The monoisotopic (exact) mass is 2070 g/mol. The van der Waals surface area contributed by atoms with E-state index in [9.17, 15) is 101 Å². The minimum Gasteiger partial charge on any atom is -0.463 e. The van der Waals surface area contributed by atoms with Crippen LogP contribution in [0.5, 0.6) is 0 Å². The summed E-state index contributed by atoms with van der Waals surface area (Å²) in [6.45, 7) is 8.51. The number of hydrogen-bond acceptors (Lipinski definition) is 56. The Kier molecular flexibility index (Phi) is 42.6. The zero-order valence-electron chi connectivity index (χ0n) is 81.3. The van der Waals surface area contributed by atoms with Crippen LogP contribution in [0, 0.1) is 31.6 Å². The molecule has 14 bridgehead atoms. The molecule has 0 N–H and O–H groups in total. The van der Waals surface area contributed by atoms with Gasteiger partial charge in [0.25, 0.3) is 0 Å². The van der Waals surface area contributed by atoms with Gasteiger partial charge in [-0.05, 0) is 25.7 Å². The fourth-order valence-corrected chi connectivity index (χ4v) is 16.5. The second kappa shape index (κ2) is 52.9. The van der Waals surface area contributed by atoms with E-state index < -0.39 is 387 Å². The minimum absolute atomic E-state index is 0.140. The Morgan fingerprint density at radius 1 is 0.167 bits per heavy atom. The van der Waals surface area contributed by atoms with Crippen molar-refractivity contribution in [2.45, 2.75) is 353 Å². The molecule has 0 amide bonds. The predicted molar refractivity (Wildman–Crippen MR) is 444 cm³/mol. The van der Waals surface area contributed by atoms with Gasteiger partial charge in [0.1, 0.15) is 132 Å². The third-order valence-corrected chi connectivity index (χ3v) is 21.4. The molecule has 5 radical (unpaired) electrons. The SMILES string of the molecule is CC(=O)OC[C@H]1O[C@@H]2O[C@H]3[C@H](OC(C)=O)[C@@H](OC(C)=O)[C@@H](O[C@H]4[C@H](OC(C)=O)[C@@H](OC(C)=O)[C@@H](O[C@H]5[C@H](OC(C)=O)[C@@H](OC(C)=O)[C@@H](O[C@H]6[C@H](OC(C)=O)[C@@H](OC(C)=O)[C@@H](O[C@H]7[C@H](OC(C)=O)[C@@H](OC(C)=O)[C@@H](O[C@H]8[C@H](OC(C)=O)[C@@H](OC(C)=O)[C@@H](O[C@H]1[C@H](OC(C)=O)[C@H]2OC(C)=O)O[C@@H]8COC(C)=O)O[C@@H]7COC(C)=O)O[C@@H]6COC(C)=O)O[C@@H]5COC(=O)[C]1[CH][CH][CH][CH]1)O[C@@H]4COC(C)=O)O[C@@H]3COC(C)=O. The molecule has 22 rings (SSSR count). The number of ether oxygens (including phenoxy) is 35. The Labute approximate surface area is 820 Å². The molecule has 1 aliphatic carbocycles. The Morgan fingerprint density at radius 2 is 0.285 bits per heavy atom. The van der Waals surface area contributed by atoms with Gasteiger partial charge in [0.05, 0.1) is 5.92 Å². The summed E-state index contributed by atoms with van der Waals surface area (Å²) in [6, 6.07) is 0. The van der Waals surface area contributed by atoms with Gasteiger partial charge in [0.15, 0.2) is 129 Å². The second-order valence-corrected chi connectivity index (χ2v) is 33.1. The van der Waals surface area contributed by atoms with Crippen molar-refractivity contribution in [2.24, 2.45) is 0 Å². The Morgan fingerprint density at radius 3 is 0.403 bits per heavy atom. The molecule has 21 heterocycles. The van der Waals surface area contributed by atoms with Crippen LogP contribution < -0.4 is 0 Å². The summed E-state index contributed by atoms with van der Waals surface area (Å²) in [4.78, 5) is 290. The van der Waals surface area contributed by atoms with Crippen LogP contribution in [0.1, 0.15) is 138 Å². The summed E-state index contributed by atoms with van der Waals surface area (Å²) in [7, 11) is 0. The largest absolute Gasteiger partial charge is 0.463 e. The highest BCUT2D eigenvalue weighted by molar-refractivity contribution is 5.91. The smallest absolute Gasteiger partial charge is 0.313 e. The van der Waals surface area contributed by atoms with E-state index in [4.69, 9.17) is 166 Å². The first-order valence-electron chi connectivity index (χ1n) is 44.5. The quantitative estimate of drug-likeness (QED) is 0.0537. The minimum atomic E-state index is -2.50. The molecule has 21 saturated heterocycles. The molecule has 0 aromatic rings. The average molecular weight is 2070 g/mol. The zero-order chi connectivity index (χ0) is 106. The van der Waals surface area contributed by atoms with Crippen molar-refractivity contribution < 1.29 is 266 Å². The van der Waals surface area contributed by atoms with Crippen molar-refractivity contribution in [1.29, 1.82) is 0 Å². The summed E-state index contributed by atoms with van der Waals surface area (Å²) >= 11 is 0. The number of carbonyl (C=O) groups excluding carboxylic acids is 21. The van der Waals surface area contributed by atoms with E-state index in [1.54, 1.807) is 0 Å². The molecule has 144 heavy (non-hydrogen) atoms. The van der Waals surface area contributed by atoms with E-state index in [-0.39, 0.29) is 5.92 Å². The van der Waals surface area contributed by atoms with Crippen molar-refractivity contribution in [2.75, 3.05) is 46.2 Å². The number of carbonyl (C=O) groups is 21. The van der Waals surface area contributed by atoms with Gasteiger partial charge in [0.2, 0.25) is 0 Å². The maximum Gasteiger partial charge on any atom is 0.313 e. The van der Waals surface area contributed by atoms with E-state index in [2.05, 4.69) is 0 Å². The van der Waals surface area contributed by atoms with Crippen LogP contribution in [0.2, 0.25) is 0 Å². The van der Waals surface area contributed by atoms with Crippen LogP contribution in [0.4, 0.5) is 0 Å². The lowest BCUT2D eigenvalue weighted by molar-refractivity contribution is -0.396. The number of rotatable bonds is 29. The fourth-order valence-electron chi connectivity index (χ4n) is 16.5. The summed E-state index contributed by atoms with van der Waals surface area (Å²) in [5, 5.41) is 0. The molecule has 22 aliphatic rings. The maximum atomic E-state index is 14.3. The van der Waals surface area contributed by atoms with Gasteiger partial charge >= 0.3 is 125 Å². The van der Waals surface area contributed by atoms with Crippen LogP contribution in [-0.2, 0) is 266 Å². The third kappa shape index (κ3) is 32.7. The molecular formula is C88H113O56. The Hall–Kier alpha value is -11.7. The van der Waals surface area contributed by atoms with Gasteiger partial charge < -0.3 is 166 Å². The van der Waals surface area contributed by atoms with Gasteiger partial charge in [-0.3, -0.25) is 101 Å². The number of esters is 21. The van der Waals surface area contributed by atoms with E-state index >= 15 is 0 Å². The highest BCUT2D eigenvalue weighted by Gasteiger charge is 2.67. The summed E-state index contributed by atoms with van der Waals surface area (Å²) in [5.74, 6) is -26.4. The van der Waals surface area contributed by atoms with Crippen molar-refractivity contribution in [3.63, 3.8) is 0 Å². The Balaban J connectivity index is 1.39. The lowest BCUT2D eigenvalue weighted by atomic mass is 9.94. The molecule has 56 heteroatoms. The van der Waals surface area contributed by atoms with Crippen molar-refractivity contribution in [3.8, 4) is 0 Å². The molecule has 0 spiro atoms. The fraction of sp³-hybridized carbons (Fsp3) is 0.705. The first kappa shape index (κ1) is 116. The molecule has 56 nitrogen and oxygen atoms in total. The highest BCUT2D eigenvalue weighted by atomic mass is 16.8. The second-order valence-electron chi connectivity index (χ2n) is 33.1. The molecule has 0 aromatic heterocycles. The van der Waals surface area contributed by atoms with Crippen molar-refractivity contribution in [1.82, 2.24) is 0 Å².